The molecule has 0 amide bonds. The first-order chi connectivity index (χ1) is 7.02. The van der Waals surface area contributed by atoms with Gasteiger partial charge in [0.05, 0.1) is 6.61 Å². The first-order valence-corrected chi connectivity index (χ1v) is 5.92. The fourth-order valence-corrected chi connectivity index (χ4v) is 1.83. The summed E-state index contributed by atoms with van der Waals surface area (Å²) in [4.78, 5) is 11.4. The summed E-state index contributed by atoms with van der Waals surface area (Å²) in [5.41, 5.74) is 0.445. The van der Waals surface area contributed by atoms with Gasteiger partial charge in [-0.15, -0.1) is 0 Å². The summed E-state index contributed by atoms with van der Waals surface area (Å²) in [6.45, 7) is 9.60. The van der Waals surface area contributed by atoms with Crippen molar-refractivity contribution in [2.24, 2.45) is 11.3 Å². The van der Waals surface area contributed by atoms with Crippen LogP contribution in [0.2, 0.25) is 0 Å². The predicted octanol–water partition coefficient (Wildman–Crippen LogP) is 1.96. The van der Waals surface area contributed by atoms with E-state index in [2.05, 4.69) is 19.2 Å². The minimum absolute atomic E-state index is 0.142. The Morgan fingerprint density at radius 3 is 2.40 bits per heavy atom. The molecular weight excluding hydrogens is 190 g/mol. The first kappa shape index (κ1) is 12.5. The summed E-state index contributed by atoms with van der Waals surface area (Å²) in [5, 5.41) is 3.28. The standard InChI is InChI=1S/C12H23NO2/c1-5-15-11(14)10(4)13-8-12(6-7-12)9(2)3/h9-10,13H,5-8H2,1-4H3. The highest BCUT2D eigenvalue weighted by molar-refractivity contribution is 5.75. The van der Waals surface area contributed by atoms with Crippen LogP contribution in [0.4, 0.5) is 0 Å². The molecule has 1 N–H and O–H groups in total. The molecule has 1 atom stereocenters. The van der Waals surface area contributed by atoms with Gasteiger partial charge in [0.15, 0.2) is 0 Å². The van der Waals surface area contributed by atoms with Crippen molar-refractivity contribution in [2.45, 2.75) is 46.6 Å². The van der Waals surface area contributed by atoms with Crippen molar-refractivity contribution in [3.63, 3.8) is 0 Å². The van der Waals surface area contributed by atoms with E-state index in [9.17, 15) is 4.79 Å². The van der Waals surface area contributed by atoms with Gasteiger partial charge in [0, 0.05) is 6.54 Å². The van der Waals surface area contributed by atoms with Gasteiger partial charge < -0.3 is 10.1 Å². The van der Waals surface area contributed by atoms with Gasteiger partial charge in [0.1, 0.15) is 6.04 Å². The zero-order valence-corrected chi connectivity index (χ0v) is 10.3. The van der Waals surface area contributed by atoms with Gasteiger partial charge in [-0.25, -0.2) is 0 Å². The zero-order chi connectivity index (χ0) is 11.5. The number of carbonyl (C=O) groups is 1. The van der Waals surface area contributed by atoms with Gasteiger partial charge in [-0.3, -0.25) is 4.79 Å². The third kappa shape index (κ3) is 3.20. The topological polar surface area (TPSA) is 38.3 Å². The van der Waals surface area contributed by atoms with Gasteiger partial charge in [0.2, 0.25) is 0 Å². The lowest BCUT2D eigenvalue weighted by Crippen LogP contribution is -2.40. The molecule has 0 aromatic heterocycles. The monoisotopic (exact) mass is 213 g/mol. The number of rotatable bonds is 6. The Kier molecular flexibility index (Phi) is 4.14. The van der Waals surface area contributed by atoms with Gasteiger partial charge in [-0.05, 0) is 38.0 Å². The van der Waals surface area contributed by atoms with E-state index in [0.29, 0.717) is 17.9 Å². The van der Waals surface area contributed by atoms with Crippen LogP contribution in [0, 0.1) is 11.3 Å². The molecule has 3 heteroatoms. The molecule has 0 aliphatic heterocycles. The molecule has 0 aromatic carbocycles. The maximum atomic E-state index is 11.4. The quantitative estimate of drug-likeness (QED) is 0.685. The predicted molar refractivity (Wildman–Crippen MR) is 60.6 cm³/mol. The number of nitrogens with one attached hydrogen (secondary N) is 1. The summed E-state index contributed by atoms with van der Waals surface area (Å²) >= 11 is 0. The van der Waals surface area contributed by atoms with Crippen molar-refractivity contribution in [2.75, 3.05) is 13.2 Å². The van der Waals surface area contributed by atoms with E-state index >= 15 is 0 Å². The SMILES string of the molecule is CCOC(=O)C(C)NCC1(C(C)C)CC1. The van der Waals surface area contributed by atoms with Crippen LogP contribution in [-0.2, 0) is 9.53 Å². The molecule has 1 aliphatic rings. The van der Waals surface area contributed by atoms with Crippen LogP contribution in [0.5, 0.6) is 0 Å². The lowest BCUT2D eigenvalue weighted by molar-refractivity contribution is -0.145. The van der Waals surface area contributed by atoms with Crippen molar-refractivity contribution in [1.29, 1.82) is 0 Å². The molecule has 1 rings (SSSR count). The second-order valence-electron chi connectivity index (χ2n) is 4.87. The molecule has 0 aromatic rings. The minimum Gasteiger partial charge on any atom is -0.465 e. The molecule has 88 valence electrons. The second-order valence-corrected chi connectivity index (χ2v) is 4.87. The molecule has 3 nitrogen and oxygen atoms in total. The zero-order valence-electron chi connectivity index (χ0n) is 10.3. The van der Waals surface area contributed by atoms with E-state index in [1.165, 1.54) is 12.8 Å². The number of hydrogen-bond acceptors (Lipinski definition) is 3. The largest absolute Gasteiger partial charge is 0.465 e. The van der Waals surface area contributed by atoms with Crippen molar-refractivity contribution < 1.29 is 9.53 Å². The molecule has 0 saturated heterocycles. The number of ether oxygens (including phenoxy) is 1. The lowest BCUT2D eigenvalue weighted by Gasteiger charge is -2.22. The summed E-state index contributed by atoms with van der Waals surface area (Å²) in [6.07, 6.45) is 2.57. The molecule has 0 radical (unpaired) electrons. The molecule has 0 bridgehead atoms. The highest BCUT2D eigenvalue weighted by atomic mass is 16.5. The van der Waals surface area contributed by atoms with E-state index in [0.717, 1.165) is 6.54 Å². The van der Waals surface area contributed by atoms with Crippen LogP contribution in [0.1, 0.15) is 40.5 Å². The van der Waals surface area contributed by atoms with Crippen LogP contribution >= 0.6 is 0 Å². The van der Waals surface area contributed by atoms with Crippen LogP contribution in [0.15, 0.2) is 0 Å². The summed E-state index contributed by atoms with van der Waals surface area (Å²) in [5.74, 6) is 0.552. The maximum absolute atomic E-state index is 11.4. The Morgan fingerprint density at radius 1 is 1.40 bits per heavy atom. The molecule has 1 unspecified atom stereocenters. The highest BCUT2D eigenvalue weighted by Crippen LogP contribution is 2.51. The van der Waals surface area contributed by atoms with E-state index in [1.54, 1.807) is 0 Å². The van der Waals surface area contributed by atoms with Crippen LogP contribution in [-0.4, -0.2) is 25.2 Å². The van der Waals surface area contributed by atoms with E-state index < -0.39 is 0 Å². The smallest absolute Gasteiger partial charge is 0.322 e. The Morgan fingerprint density at radius 2 is 2.00 bits per heavy atom. The van der Waals surface area contributed by atoms with E-state index in [1.807, 2.05) is 13.8 Å². The lowest BCUT2D eigenvalue weighted by atomic mass is 9.92. The minimum atomic E-state index is -0.179. The summed E-state index contributed by atoms with van der Waals surface area (Å²) < 4.78 is 4.95. The average molecular weight is 213 g/mol. The van der Waals surface area contributed by atoms with Crippen molar-refractivity contribution in [1.82, 2.24) is 5.32 Å². The molecule has 1 fully saturated rings. The normalized spacial score (nSPS) is 20.1. The van der Waals surface area contributed by atoms with Crippen LogP contribution < -0.4 is 5.32 Å². The van der Waals surface area contributed by atoms with Gasteiger partial charge >= 0.3 is 5.97 Å². The second kappa shape index (κ2) is 4.97. The van der Waals surface area contributed by atoms with Crippen LogP contribution in [0.25, 0.3) is 0 Å². The van der Waals surface area contributed by atoms with Gasteiger partial charge in [-0.1, -0.05) is 13.8 Å². The molecule has 0 heterocycles. The highest BCUT2D eigenvalue weighted by Gasteiger charge is 2.45. The van der Waals surface area contributed by atoms with E-state index in [4.69, 9.17) is 4.74 Å². The number of carbonyl (C=O) groups excluding carboxylic acids is 1. The molecular formula is C12H23NO2. The number of esters is 1. The molecule has 1 saturated carbocycles. The van der Waals surface area contributed by atoms with Crippen molar-refractivity contribution >= 4 is 5.97 Å². The Bertz CT molecular complexity index is 222. The fraction of sp³-hybridized carbons (Fsp3) is 0.917. The molecule has 1 aliphatic carbocycles. The molecule has 15 heavy (non-hydrogen) atoms. The van der Waals surface area contributed by atoms with Gasteiger partial charge in [0.25, 0.3) is 0 Å². The maximum Gasteiger partial charge on any atom is 0.322 e. The summed E-state index contributed by atoms with van der Waals surface area (Å²) in [7, 11) is 0. The third-order valence-electron chi connectivity index (χ3n) is 3.52. The Labute approximate surface area is 92.6 Å². The van der Waals surface area contributed by atoms with Gasteiger partial charge in [-0.2, -0.15) is 0 Å². The Balaban J connectivity index is 2.28. The number of hydrogen-bond donors (Lipinski definition) is 1. The Hall–Kier alpha value is -0.570. The fourth-order valence-electron chi connectivity index (χ4n) is 1.83. The summed E-state index contributed by atoms with van der Waals surface area (Å²) in [6, 6.07) is -0.179. The van der Waals surface area contributed by atoms with E-state index in [-0.39, 0.29) is 12.0 Å². The average Bonchev–Trinajstić information content (AvgIpc) is 2.95. The van der Waals surface area contributed by atoms with Crippen molar-refractivity contribution in [3.05, 3.63) is 0 Å². The van der Waals surface area contributed by atoms with Crippen LogP contribution in [0.3, 0.4) is 0 Å². The van der Waals surface area contributed by atoms with Crippen molar-refractivity contribution in [3.8, 4) is 0 Å². The third-order valence-corrected chi connectivity index (χ3v) is 3.52. The molecule has 0 spiro atoms. The first-order valence-electron chi connectivity index (χ1n) is 5.92.